The van der Waals surface area contributed by atoms with Gasteiger partial charge in [0.25, 0.3) is 5.91 Å². The van der Waals surface area contributed by atoms with E-state index in [2.05, 4.69) is 15.6 Å². The average molecular weight is 639 g/mol. The molecule has 1 aliphatic rings. The highest BCUT2D eigenvalue weighted by molar-refractivity contribution is 6.35. The second-order valence-electron chi connectivity index (χ2n) is 10.5. The number of amides is 3. The molecule has 228 valence electrons. The van der Waals surface area contributed by atoms with E-state index in [0.717, 1.165) is 5.56 Å². The van der Waals surface area contributed by atoms with Gasteiger partial charge >= 0.3 is 0 Å². The molecule has 0 saturated carbocycles. The van der Waals surface area contributed by atoms with Crippen LogP contribution < -0.4 is 10.6 Å². The summed E-state index contributed by atoms with van der Waals surface area (Å²) in [6.45, 7) is 0.850. The molecule has 0 aliphatic carbocycles. The predicted molar refractivity (Wildman–Crippen MR) is 166 cm³/mol. The van der Waals surface area contributed by atoms with E-state index in [0.29, 0.717) is 32.9 Å². The van der Waals surface area contributed by atoms with Crippen molar-refractivity contribution >= 4 is 51.7 Å². The number of carbonyl (C=O) groups excluding carboxylic acids is 3. The molecule has 1 aromatic heterocycles. The molecule has 5 rings (SSSR count). The number of rotatable bonds is 8. The molecule has 3 amide bonds. The first-order valence-corrected chi connectivity index (χ1v) is 14.7. The van der Waals surface area contributed by atoms with Crippen molar-refractivity contribution < 1.29 is 23.9 Å². The first-order chi connectivity index (χ1) is 21.1. The number of hydrogen-bond donors (Lipinski definition) is 3. The van der Waals surface area contributed by atoms with Gasteiger partial charge in [-0.1, -0.05) is 53.5 Å². The fourth-order valence-electron chi connectivity index (χ4n) is 5.41. The number of phenolic OH excluding ortho intramolecular Hbond substituents is 1. The van der Waals surface area contributed by atoms with Crippen molar-refractivity contribution in [2.45, 2.75) is 25.0 Å². The highest BCUT2D eigenvalue weighted by atomic mass is 35.5. The monoisotopic (exact) mass is 637 g/mol. The molecular formula is C32H30Cl2FN5O4. The molecule has 0 radical (unpaired) electrons. The third-order valence-electron chi connectivity index (χ3n) is 7.67. The minimum absolute atomic E-state index is 0.0136. The van der Waals surface area contributed by atoms with Gasteiger partial charge in [-0.05, 0) is 41.5 Å². The fourth-order valence-corrected chi connectivity index (χ4v) is 5.88. The third-order valence-corrected chi connectivity index (χ3v) is 8.26. The number of pyridine rings is 1. The zero-order chi connectivity index (χ0) is 31.4. The molecule has 2 atom stereocenters. The molecular weight excluding hydrogens is 608 g/mol. The molecule has 12 heteroatoms. The van der Waals surface area contributed by atoms with Gasteiger partial charge in [0.1, 0.15) is 23.7 Å². The van der Waals surface area contributed by atoms with E-state index in [-0.39, 0.29) is 37.4 Å². The number of likely N-dealkylation sites (N-methyl/N-ethyl adjacent to an activating group) is 1. The third kappa shape index (κ3) is 6.93. The van der Waals surface area contributed by atoms with Gasteiger partial charge in [0.05, 0.1) is 5.56 Å². The summed E-state index contributed by atoms with van der Waals surface area (Å²) >= 11 is 12.6. The summed E-state index contributed by atoms with van der Waals surface area (Å²) < 4.78 is 13.9. The van der Waals surface area contributed by atoms with Gasteiger partial charge in [-0.2, -0.15) is 0 Å². The molecule has 2 unspecified atom stereocenters. The van der Waals surface area contributed by atoms with Crippen LogP contribution in [0.4, 0.5) is 4.39 Å². The summed E-state index contributed by atoms with van der Waals surface area (Å²) in [5.74, 6) is -1.84. The van der Waals surface area contributed by atoms with Crippen LogP contribution >= 0.6 is 23.2 Å². The molecule has 3 N–H and O–H groups in total. The van der Waals surface area contributed by atoms with Gasteiger partial charge in [0.15, 0.2) is 0 Å². The van der Waals surface area contributed by atoms with Crippen molar-refractivity contribution in [1.82, 2.24) is 25.4 Å². The van der Waals surface area contributed by atoms with Crippen molar-refractivity contribution in [3.8, 4) is 5.75 Å². The SMILES string of the molecule is CNC(=O)C(Cc1cccc(F)c1)NC(=O)C1CN(C(=O)c2cncc3cccc(O)c23)CCN1Cc1ccc(Cl)cc1Cl. The minimum atomic E-state index is -0.999. The number of phenols is 1. The van der Waals surface area contributed by atoms with Crippen LogP contribution in [0.25, 0.3) is 10.8 Å². The maximum absolute atomic E-state index is 13.9. The van der Waals surface area contributed by atoms with Gasteiger partial charge in [-0.3, -0.25) is 24.3 Å². The Labute approximate surface area is 263 Å². The van der Waals surface area contributed by atoms with Crippen LogP contribution in [0, 0.1) is 5.82 Å². The van der Waals surface area contributed by atoms with Gasteiger partial charge in [-0.15, -0.1) is 0 Å². The lowest BCUT2D eigenvalue weighted by molar-refractivity contribution is -0.133. The lowest BCUT2D eigenvalue weighted by Crippen LogP contribution is -2.61. The summed E-state index contributed by atoms with van der Waals surface area (Å²) in [4.78, 5) is 48.2. The number of fused-ring (bicyclic) bond motifs is 1. The molecule has 1 saturated heterocycles. The summed E-state index contributed by atoms with van der Waals surface area (Å²) in [5.41, 5.74) is 1.48. The minimum Gasteiger partial charge on any atom is -0.507 e. The molecule has 1 fully saturated rings. The average Bonchev–Trinajstić information content (AvgIpc) is 3.01. The molecule has 0 bridgehead atoms. The number of halogens is 3. The summed E-state index contributed by atoms with van der Waals surface area (Å²) in [5, 5.41) is 17.8. The van der Waals surface area contributed by atoms with Gasteiger partial charge < -0.3 is 20.6 Å². The fraction of sp³-hybridized carbons (Fsp3) is 0.250. The Hall–Kier alpha value is -4.25. The van der Waals surface area contributed by atoms with E-state index in [1.54, 1.807) is 42.6 Å². The number of nitrogens with one attached hydrogen (secondary N) is 2. The Bertz CT molecular complexity index is 1720. The first kappa shape index (κ1) is 31.2. The van der Waals surface area contributed by atoms with E-state index in [4.69, 9.17) is 23.2 Å². The molecule has 2 heterocycles. The lowest BCUT2D eigenvalue weighted by atomic mass is 10.0. The van der Waals surface area contributed by atoms with Crippen LogP contribution in [0.1, 0.15) is 21.5 Å². The second kappa shape index (κ2) is 13.6. The van der Waals surface area contributed by atoms with Crippen LogP contribution in [-0.2, 0) is 22.6 Å². The van der Waals surface area contributed by atoms with Crippen LogP contribution in [0.3, 0.4) is 0 Å². The van der Waals surface area contributed by atoms with Crippen LogP contribution in [0.5, 0.6) is 5.75 Å². The second-order valence-corrected chi connectivity index (χ2v) is 11.4. The highest BCUT2D eigenvalue weighted by Crippen LogP contribution is 2.29. The molecule has 4 aromatic rings. The van der Waals surface area contributed by atoms with E-state index in [1.165, 1.54) is 42.4 Å². The van der Waals surface area contributed by atoms with E-state index >= 15 is 0 Å². The summed E-state index contributed by atoms with van der Waals surface area (Å²) in [6, 6.07) is 14.0. The Morgan fingerprint density at radius 1 is 1.07 bits per heavy atom. The first-order valence-electron chi connectivity index (χ1n) is 13.9. The topological polar surface area (TPSA) is 115 Å². The number of aromatic hydroxyl groups is 1. The van der Waals surface area contributed by atoms with E-state index < -0.39 is 35.6 Å². The number of nitrogens with zero attached hydrogens (tertiary/aromatic N) is 3. The largest absolute Gasteiger partial charge is 0.507 e. The molecule has 3 aromatic carbocycles. The highest BCUT2D eigenvalue weighted by Gasteiger charge is 2.37. The standard InChI is InChI=1S/C32H30Cl2FN5O4/c1-36-30(42)26(13-19-4-2-6-23(35)12-19)38-31(43)27-18-40(11-10-39(27)17-21-8-9-22(33)14-25(21)34)32(44)24-16-37-15-20-5-3-7-28(41)29(20)24/h2-9,12,14-16,26-27,41H,10-11,13,17-18H2,1H3,(H,36,42)(H,38,43). The Morgan fingerprint density at radius 3 is 2.61 bits per heavy atom. The van der Waals surface area contributed by atoms with Crippen molar-refractivity contribution in [2.75, 3.05) is 26.7 Å². The van der Waals surface area contributed by atoms with Crippen LogP contribution in [0.15, 0.2) is 73.1 Å². The predicted octanol–water partition coefficient (Wildman–Crippen LogP) is 4.19. The molecule has 9 nitrogen and oxygen atoms in total. The van der Waals surface area contributed by atoms with Crippen molar-refractivity contribution in [1.29, 1.82) is 0 Å². The van der Waals surface area contributed by atoms with Gasteiger partial charge in [-0.25, -0.2) is 4.39 Å². The zero-order valence-electron chi connectivity index (χ0n) is 23.8. The smallest absolute Gasteiger partial charge is 0.256 e. The summed E-state index contributed by atoms with van der Waals surface area (Å²) in [6.07, 6.45) is 3.02. The van der Waals surface area contributed by atoms with Crippen molar-refractivity contribution in [3.05, 3.63) is 106 Å². The summed E-state index contributed by atoms with van der Waals surface area (Å²) in [7, 11) is 1.45. The molecule has 1 aliphatic heterocycles. The Morgan fingerprint density at radius 2 is 1.86 bits per heavy atom. The van der Waals surface area contributed by atoms with Crippen molar-refractivity contribution in [3.63, 3.8) is 0 Å². The normalized spacial score (nSPS) is 16.0. The number of hydrogen-bond acceptors (Lipinski definition) is 6. The zero-order valence-corrected chi connectivity index (χ0v) is 25.3. The quantitative estimate of drug-likeness (QED) is 0.267. The van der Waals surface area contributed by atoms with Gasteiger partial charge in [0.2, 0.25) is 11.8 Å². The molecule has 44 heavy (non-hydrogen) atoms. The number of piperazine rings is 1. The maximum Gasteiger partial charge on any atom is 0.256 e. The van der Waals surface area contributed by atoms with E-state index in [9.17, 15) is 23.9 Å². The Balaban J connectivity index is 1.44. The molecule has 0 spiro atoms. The number of benzene rings is 3. The van der Waals surface area contributed by atoms with Crippen LogP contribution in [0.2, 0.25) is 10.0 Å². The van der Waals surface area contributed by atoms with Crippen molar-refractivity contribution in [2.24, 2.45) is 0 Å². The Kier molecular flexibility index (Phi) is 9.63. The lowest BCUT2D eigenvalue weighted by Gasteiger charge is -2.41. The maximum atomic E-state index is 13.9. The van der Waals surface area contributed by atoms with Gasteiger partial charge in [0, 0.05) is 72.9 Å². The number of carbonyl (C=O) groups is 3. The number of aromatic nitrogens is 1. The van der Waals surface area contributed by atoms with E-state index in [1.807, 2.05) is 4.90 Å². The van der Waals surface area contributed by atoms with Crippen LogP contribution in [-0.4, -0.2) is 76.4 Å².